The van der Waals surface area contributed by atoms with Crippen LogP contribution in [-0.2, 0) is 11.2 Å². The summed E-state index contributed by atoms with van der Waals surface area (Å²) in [6.07, 6.45) is 9.86. The van der Waals surface area contributed by atoms with Crippen molar-refractivity contribution in [3.05, 3.63) is 65.4 Å². The normalized spacial score (nSPS) is 24.7. The maximum atomic E-state index is 16.7. The fraction of sp³-hybridized carbons (Fsp3) is 0.514. The smallest absolute Gasteiger partial charge is 0.319 e. The number of amides is 1. The lowest BCUT2D eigenvalue weighted by atomic mass is 9.96. The molecule has 0 unspecified atom stereocenters. The molecule has 45 heavy (non-hydrogen) atoms. The van der Waals surface area contributed by atoms with E-state index in [0.29, 0.717) is 55.0 Å². The molecular formula is C35H38FN7O2. The SMILES string of the molecule is [C-]#[N+]C[C@H]1CN(c2nc(OCC3(CN4CCCC4)CC3)nc3c(F)c(-c4cccc5c4C[C@H]4C[C@@H]54)ncc23)CCN1C(=O)C=C. The van der Waals surface area contributed by atoms with Gasteiger partial charge in [0.15, 0.2) is 5.82 Å². The number of hydrogen-bond acceptors (Lipinski definition) is 7. The molecule has 2 aromatic heterocycles. The molecule has 2 saturated carbocycles. The summed E-state index contributed by atoms with van der Waals surface area (Å²) in [5.74, 6) is 1.13. The molecule has 0 N–H and O–H groups in total. The van der Waals surface area contributed by atoms with Gasteiger partial charge in [0.2, 0.25) is 12.5 Å². The first kappa shape index (κ1) is 28.4. The standard InChI is InChI=1S/C35H38FN7O2/c1-3-29(44)43-14-13-42(19-23(43)17-37-2)33-28-18-38-31(25-8-6-7-24-26-15-22(26)16-27(24)25)30(36)32(28)39-34(40-33)45-21-35(9-10-35)20-41-11-4-5-12-41/h3,6-8,18,22-23,26H,1,4-5,9-17,19-21H2/t22-,23+,26-/m1/s1. The predicted molar refractivity (Wildman–Crippen MR) is 169 cm³/mol. The number of halogens is 1. The molecule has 3 aliphatic carbocycles. The van der Waals surface area contributed by atoms with Gasteiger partial charge >= 0.3 is 6.01 Å². The molecule has 0 radical (unpaired) electrons. The number of nitrogens with zero attached hydrogens (tertiary/aromatic N) is 7. The van der Waals surface area contributed by atoms with E-state index in [1.807, 2.05) is 17.0 Å². The zero-order valence-corrected chi connectivity index (χ0v) is 25.6. The van der Waals surface area contributed by atoms with Crippen molar-refractivity contribution in [3.8, 4) is 17.3 Å². The number of aromatic nitrogens is 3. The first-order valence-electron chi connectivity index (χ1n) is 16.3. The number of carbonyl (C=O) groups excluding carboxylic acids is 1. The first-order chi connectivity index (χ1) is 22.0. The fourth-order valence-electron chi connectivity index (χ4n) is 7.91. The van der Waals surface area contributed by atoms with Gasteiger partial charge < -0.3 is 24.3 Å². The molecule has 5 aliphatic rings. The molecule has 0 spiro atoms. The van der Waals surface area contributed by atoms with Gasteiger partial charge in [-0.2, -0.15) is 9.97 Å². The summed E-state index contributed by atoms with van der Waals surface area (Å²) in [5.41, 5.74) is 3.98. The summed E-state index contributed by atoms with van der Waals surface area (Å²) < 4.78 is 23.0. The van der Waals surface area contributed by atoms with E-state index in [1.54, 1.807) is 11.1 Å². The predicted octanol–water partition coefficient (Wildman–Crippen LogP) is 4.87. The number of hydrogen-bond donors (Lipinski definition) is 0. The minimum Gasteiger partial charge on any atom is -0.463 e. The highest BCUT2D eigenvalue weighted by molar-refractivity contribution is 5.93. The van der Waals surface area contributed by atoms with E-state index in [2.05, 4.69) is 27.4 Å². The summed E-state index contributed by atoms with van der Waals surface area (Å²) >= 11 is 0. The van der Waals surface area contributed by atoms with Gasteiger partial charge in [0.1, 0.15) is 23.1 Å². The second-order valence-electron chi connectivity index (χ2n) is 13.6. The molecule has 0 bridgehead atoms. The van der Waals surface area contributed by atoms with Crippen molar-refractivity contribution in [2.75, 3.05) is 57.3 Å². The molecule has 232 valence electrons. The van der Waals surface area contributed by atoms with Crippen LogP contribution in [0.2, 0.25) is 0 Å². The molecule has 3 aromatic rings. The van der Waals surface area contributed by atoms with Crippen LogP contribution < -0.4 is 9.64 Å². The second-order valence-corrected chi connectivity index (χ2v) is 13.6. The van der Waals surface area contributed by atoms with E-state index in [9.17, 15) is 4.79 Å². The number of likely N-dealkylation sites (tertiary alicyclic amines) is 1. The van der Waals surface area contributed by atoms with Crippen molar-refractivity contribution >= 4 is 22.6 Å². The lowest BCUT2D eigenvalue weighted by Crippen LogP contribution is -2.56. The molecular weight excluding hydrogens is 569 g/mol. The highest BCUT2D eigenvalue weighted by Gasteiger charge is 2.47. The Balaban J connectivity index is 1.17. The van der Waals surface area contributed by atoms with Crippen molar-refractivity contribution in [1.82, 2.24) is 24.8 Å². The van der Waals surface area contributed by atoms with Gasteiger partial charge in [-0.1, -0.05) is 24.8 Å². The molecule has 4 fully saturated rings. The third-order valence-corrected chi connectivity index (χ3v) is 10.7. The van der Waals surface area contributed by atoms with Crippen LogP contribution in [0.1, 0.15) is 49.1 Å². The summed E-state index contributed by atoms with van der Waals surface area (Å²) in [6, 6.07) is 5.97. The van der Waals surface area contributed by atoms with Gasteiger partial charge in [0, 0.05) is 43.4 Å². The van der Waals surface area contributed by atoms with Crippen LogP contribution in [0.15, 0.2) is 37.1 Å². The van der Waals surface area contributed by atoms with Crippen LogP contribution in [0.4, 0.5) is 10.2 Å². The summed E-state index contributed by atoms with van der Waals surface area (Å²) in [5, 5.41) is 0.502. The van der Waals surface area contributed by atoms with E-state index >= 15 is 4.39 Å². The average Bonchev–Trinajstić information content (AvgIpc) is 3.91. The summed E-state index contributed by atoms with van der Waals surface area (Å²) in [4.78, 5) is 36.6. The number of benzene rings is 1. The van der Waals surface area contributed by atoms with Gasteiger partial charge in [-0.3, -0.25) is 9.78 Å². The van der Waals surface area contributed by atoms with E-state index in [-0.39, 0.29) is 35.4 Å². The number of rotatable bonds is 9. The third-order valence-electron chi connectivity index (χ3n) is 10.7. The Labute approximate surface area is 262 Å². The number of fused-ring (bicyclic) bond motifs is 4. The zero-order valence-electron chi connectivity index (χ0n) is 25.6. The number of piperazine rings is 1. The van der Waals surface area contributed by atoms with E-state index in [1.165, 1.54) is 36.5 Å². The molecule has 1 aromatic carbocycles. The van der Waals surface area contributed by atoms with Gasteiger partial charge in [-0.15, -0.1) is 0 Å². The largest absolute Gasteiger partial charge is 0.463 e. The Morgan fingerprint density at radius 1 is 1.20 bits per heavy atom. The maximum Gasteiger partial charge on any atom is 0.319 e. The van der Waals surface area contributed by atoms with E-state index in [4.69, 9.17) is 21.3 Å². The molecule has 2 aliphatic heterocycles. The van der Waals surface area contributed by atoms with Crippen molar-refractivity contribution in [1.29, 1.82) is 0 Å². The molecule has 1 amide bonds. The Morgan fingerprint density at radius 2 is 2.04 bits per heavy atom. The van der Waals surface area contributed by atoms with Crippen molar-refractivity contribution < 1.29 is 13.9 Å². The Bertz CT molecular complexity index is 1730. The van der Waals surface area contributed by atoms with Crippen LogP contribution in [0, 0.1) is 23.7 Å². The Morgan fingerprint density at radius 3 is 2.82 bits per heavy atom. The van der Waals surface area contributed by atoms with E-state index in [0.717, 1.165) is 44.5 Å². The maximum absolute atomic E-state index is 16.7. The zero-order chi connectivity index (χ0) is 30.7. The summed E-state index contributed by atoms with van der Waals surface area (Å²) in [7, 11) is 0. The van der Waals surface area contributed by atoms with Crippen LogP contribution in [0.25, 0.3) is 27.0 Å². The highest BCUT2D eigenvalue weighted by atomic mass is 19.1. The average molecular weight is 608 g/mol. The van der Waals surface area contributed by atoms with Crippen molar-refractivity contribution in [3.63, 3.8) is 0 Å². The first-order valence-corrected chi connectivity index (χ1v) is 16.3. The van der Waals surface area contributed by atoms with Crippen LogP contribution in [-0.4, -0.2) is 89.1 Å². The minimum absolute atomic E-state index is 0.0909. The van der Waals surface area contributed by atoms with Crippen LogP contribution in [0.3, 0.4) is 0 Å². The molecule has 8 rings (SSSR count). The monoisotopic (exact) mass is 607 g/mol. The van der Waals surface area contributed by atoms with Gasteiger partial charge in [0.25, 0.3) is 0 Å². The second kappa shape index (κ2) is 11.1. The van der Waals surface area contributed by atoms with Crippen LogP contribution in [0.5, 0.6) is 6.01 Å². The number of anilines is 1. The molecule has 3 atom stereocenters. The molecule has 2 saturated heterocycles. The Kier molecular flexibility index (Phi) is 6.97. The number of ether oxygens (including phenoxy) is 1. The van der Waals surface area contributed by atoms with Crippen molar-refractivity contribution in [2.24, 2.45) is 11.3 Å². The van der Waals surface area contributed by atoms with Crippen molar-refractivity contribution in [2.45, 2.75) is 50.5 Å². The number of pyridine rings is 1. The third kappa shape index (κ3) is 5.11. The minimum atomic E-state index is -0.466. The highest BCUT2D eigenvalue weighted by Crippen LogP contribution is 2.58. The van der Waals surface area contributed by atoms with E-state index < -0.39 is 5.82 Å². The van der Waals surface area contributed by atoms with Gasteiger partial charge in [-0.05, 0) is 80.7 Å². The lowest BCUT2D eigenvalue weighted by Gasteiger charge is -2.39. The quantitative estimate of drug-likeness (QED) is 0.254. The molecule has 9 nitrogen and oxygen atoms in total. The lowest BCUT2D eigenvalue weighted by molar-refractivity contribution is -0.128. The number of carbonyl (C=O) groups is 1. The topological polar surface area (TPSA) is 79.1 Å². The van der Waals surface area contributed by atoms with Gasteiger partial charge in [0.05, 0.1) is 12.0 Å². The summed E-state index contributed by atoms with van der Waals surface area (Å²) in [6.45, 7) is 16.3. The molecule has 10 heteroatoms. The molecule has 4 heterocycles. The van der Waals surface area contributed by atoms with Gasteiger partial charge in [-0.25, -0.2) is 11.0 Å². The fourth-order valence-corrected chi connectivity index (χ4v) is 7.91. The Hall–Kier alpha value is -4.10. The van der Waals surface area contributed by atoms with Crippen LogP contribution >= 0.6 is 0 Å².